The van der Waals surface area contributed by atoms with Gasteiger partial charge < -0.3 is 4.90 Å². The van der Waals surface area contributed by atoms with Crippen LogP contribution in [0.5, 0.6) is 0 Å². The maximum Gasteiger partial charge on any atom is 0.280 e. The van der Waals surface area contributed by atoms with Gasteiger partial charge in [-0.15, -0.1) is 0 Å². The van der Waals surface area contributed by atoms with E-state index in [0.717, 1.165) is 23.4 Å². The molecular weight excluding hydrogens is 360 g/mol. The van der Waals surface area contributed by atoms with Gasteiger partial charge in [0.15, 0.2) is 5.65 Å². The molecule has 0 aliphatic heterocycles. The molecule has 0 aliphatic carbocycles. The van der Waals surface area contributed by atoms with E-state index in [1.54, 1.807) is 26.4 Å². The Labute approximate surface area is 164 Å². The molecule has 0 saturated heterocycles. The van der Waals surface area contributed by atoms with Gasteiger partial charge in [0.25, 0.3) is 6.43 Å². The minimum atomic E-state index is -2.59. The Morgan fingerprint density at radius 3 is 2.50 bits per heavy atom. The van der Waals surface area contributed by atoms with Gasteiger partial charge in [-0.05, 0) is 19.2 Å². The third-order valence-electron chi connectivity index (χ3n) is 4.22. The first kappa shape index (κ1) is 21.2. The van der Waals surface area contributed by atoms with Crippen LogP contribution in [0, 0.1) is 6.92 Å². The van der Waals surface area contributed by atoms with Crippen LogP contribution in [0.25, 0.3) is 16.9 Å². The van der Waals surface area contributed by atoms with Gasteiger partial charge in [0.05, 0.1) is 11.9 Å². The van der Waals surface area contributed by atoms with Crippen molar-refractivity contribution in [3.63, 3.8) is 0 Å². The molecule has 0 N–H and O–H groups in total. The zero-order valence-electron chi connectivity index (χ0n) is 16.6. The van der Waals surface area contributed by atoms with Crippen LogP contribution in [0.1, 0.15) is 31.0 Å². The Morgan fingerprint density at radius 1 is 1.32 bits per heavy atom. The molecule has 148 valence electrons. The van der Waals surface area contributed by atoms with Crippen molar-refractivity contribution >= 4 is 11.5 Å². The average molecular weight is 385 g/mol. The first-order chi connectivity index (χ1) is 13.4. The summed E-state index contributed by atoms with van der Waals surface area (Å²) in [7, 11) is 3.73. The average Bonchev–Trinajstić information content (AvgIpc) is 3.10. The van der Waals surface area contributed by atoms with Crippen molar-refractivity contribution in [3.05, 3.63) is 66.6 Å². The highest BCUT2D eigenvalue weighted by atomic mass is 19.3. The SMILES string of the molecule is C=CN(C)C(CC)=NC.Cc1cnn2c(C(F)F)cc(-c3ccccc3)nc12. The van der Waals surface area contributed by atoms with Crippen LogP contribution < -0.4 is 0 Å². The lowest BCUT2D eigenvalue weighted by Crippen LogP contribution is -2.19. The number of amidine groups is 1. The lowest BCUT2D eigenvalue weighted by molar-refractivity contribution is 0.143. The van der Waals surface area contributed by atoms with Gasteiger partial charge in [-0.1, -0.05) is 43.8 Å². The molecule has 28 heavy (non-hydrogen) atoms. The number of nitrogens with zero attached hydrogens (tertiary/aromatic N) is 5. The highest BCUT2D eigenvalue weighted by molar-refractivity contribution is 5.82. The molecule has 0 amide bonds. The minimum Gasteiger partial charge on any atom is -0.340 e. The van der Waals surface area contributed by atoms with E-state index >= 15 is 0 Å². The molecule has 0 spiro atoms. The zero-order valence-corrected chi connectivity index (χ0v) is 16.6. The van der Waals surface area contributed by atoms with Gasteiger partial charge in [0.2, 0.25) is 0 Å². The molecule has 0 aliphatic rings. The maximum absolute atomic E-state index is 13.1. The van der Waals surface area contributed by atoms with Crippen LogP contribution >= 0.6 is 0 Å². The molecule has 3 rings (SSSR count). The minimum absolute atomic E-state index is 0.142. The van der Waals surface area contributed by atoms with E-state index in [4.69, 9.17) is 0 Å². The Hall–Kier alpha value is -3.09. The number of rotatable bonds is 4. The molecule has 1 aromatic carbocycles. The lowest BCUT2D eigenvalue weighted by Gasteiger charge is -2.13. The summed E-state index contributed by atoms with van der Waals surface area (Å²) < 4.78 is 27.4. The van der Waals surface area contributed by atoms with Crippen molar-refractivity contribution in [2.75, 3.05) is 14.1 Å². The third kappa shape index (κ3) is 4.79. The van der Waals surface area contributed by atoms with Crippen molar-refractivity contribution in [2.24, 2.45) is 4.99 Å². The van der Waals surface area contributed by atoms with E-state index < -0.39 is 6.43 Å². The molecule has 5 nitrogen and oxygen atoms in total. The summed E-state index contributed by atoms with van der Waals surface area (Å²) in [5.41, 5.74) is 2.45. The number of aryl methyl sites for hydroxylation is 1. The van der Waals surface area contributed by atoms with Gasteiger partial charge >= 0.3 is 0 Å². The van der Waals surface area contributed by atoms with Crippen molar-refractivity contribution in [3.8, 4) is 11.3 Å². The largest absolute Gasteiger partial charge is 0.340 e. The first-order valence-corrected chi connectivity index (χ1v) is 8.92. The second kappa shape index (κ2) is 9.73. The zero-order chi connectivity index (χ0) is 20.7. The highest BCUT2D eigenvalue weighted by Crippen LogP contribution is 2.26. The van der Waals surface area contributed by atoms with Crippen molar-refractivity contribution in [2.45, 2.75) is 26.7 Å². The molecule has 0 bridgehead atoms. The lowest BCUT2D eigenvalue weighted by atomic mass is 10.1. The summed E-state index contributed by atoms with van der Waals surface area (Å²) in [6.07, 6.45) is 1.67. The summed E-state index contributed by atoms with van der Waals surface area (Å²) in [4.78, 5) is 10.4. The molecule has 0 fully saturated rings. The summed E-state index contributed by atoms with van der Waals surface area (Å²) in [5.74, 6) is 1.06. The molecule has 0 unspecified atom stereocenters. The Balaban J connectivity index is 0.000000266. The highest BCUT2D eigenvalue weighted by Gasteiger charge is 2.17. The van der Waals surface area contributed by atoms with Crippen LogP contribution in [0.3, 0.4) is 0 Å². The molecule has 7 heteroatoms. The monoisotopic (exact) mass is 385 g/mol. The van der Waals surface area contributed by atoms with Crippen molar-refractivity contribution in [1.82, 2.24) is 19.5 Å². The van der Waals surface area contributed by atoms with Crippen LogP contribution in [-0.2, 0) is 0 Å². The summed E-state index contributed by atoms with van der Waals surface area (Å²) in [6.45, 7) is 7.50. The van der Waals surface area contributed by atoms with E-state index in [0.29, 0.717) is 11.3 Å². The summed E-state index contributed by atoms with van der Waals surface area (Å²) >= 11 is 0. The first-order valence-electron chi connectivity index (χ1n) is 8.92. The normalized spacial score (nSPS) is 11.3. The van der Waals surface area contributed by atoms with Crippen LogP contribution in [0.2, 0.25) is 0 Å². The summed E-state index contributed by atoms with van der Waals surface area (Å²) in [5, 5.41) is 3.95. The van der Waals surface area contributed by atoms with E-state index in [2.05, 4.69) is 28.6 Å². The number of benzene rings is 1. The maximum atomic E-state index is 13.1. The van der Waals surface area contributed by atoms with Gasteiger partial charge in [0.1, 0.15) is 11.5 Å². The molecule has 0 saturated carbocycles. The van der Waals surface area contributed by atoms with Gasteiger partial charge in [-0.3, -0.25) is 4.99 Å². The fourth-order valence-electron chi connectivity index (χ4n) is 2.68. The van der Waals surface area contributed by atoms with E-state index in [1.165, 1.54) is 10.6 Å². The van der Waals surface area contributed by atoms with Gasteiger partial charge in [0, 0.05) is 31.6 Å². The number of fused-ring (bicyclic) bond motifs is 1. The van der Waals surface area contributed by atoms with Crippen LogP contribution in [-0.4, -0.2) is 39.4 Å². The van der Waals surface area contributed by atoms with E-state index in [9.17, 15) is 8.78 Å². The Kier molecular flexibility index (Phi) is 7.37. The van der Waals surface area contributed by atoms with Crippen LogP contribution in [0.15, 0.2) is 60.4 Å². The fraction of sp³-hybridized carbons (Fsp3) is 0.286. The molecule has 2 heterocycles. The van der Waals surface area contributed by atoms with E-state index in [1.807, 2.05) is 42.3 Å². The predicted octanol–water partition coefficient (Wildman–Crippen LogP) is 5.14. The topological polar surface area (TPSA) is 45.8 Å². The van der Waals surface area contributed by atoms with Crippen molar-refractivity contribution in [1.29, 1.82) is 0 Å². The Bertz CT molecular complexity index is 948. The molecule has 0 radical (unpaired) electrons. The summed E-state index contributed by atoms with van der Waals surface area (Å²) in [6, 6.07) is 10.7. The van der Waals surface area contributed by atoms with Gasteiger partial charge in [-0.25, -0.2) is 18.3 Å². The molecule has 3 aromatic rings. The van der Waals surface area contributed by atoms with E-state index in [-0.39, 0.29) is 5.69 Å². The molecule has 0 atom stereocenters. The quantitative estimate of drug-likeness (QED) is 0.461. The third-order valence-corrected chi connectivity index (χ3v) is 4.22. The Morgan fingerprint density at radius 2 is 2.00 bits per heavy atom. The number of hydrogen-bond acceptors (Lipinski definition) is 3. The number of alkyl halides is 2. The standard InChI is InChI=1S/C14H11F2N3.C7H14N2/c1-9-8-17-19-12(13(15)16)7-11(18-14(9)19)10-5-3-2-4-6-10;1-5-7(8-3)9(4)6-2/h2-8,13H,1H3;6H,2,5H2,1,3-4H3. The second-order valence-electron chi connectivity index (χ2n) is 6.08. The fourth-order valence-corrected chi connectivity index (χ4v) is 2.68. The number of aromatic nitrogens is 3. The second-order valence-corrected chi connectivity index (χ2v) is 6.08. The number of halogens is 2. The van der Waals surface area contributed by atoms with Crippen molar-refractivity contribution < 1.29 is 8.78 Å². The number of aliphatic imine (C=N–C) groups is 1. The molecule has 2 aromatic heterocycles. The van der Waals surface area contributed by atoms with Crippen LogP contribution in [0.4, 0.5) is 8.78 Å². The molecular formula is C21H25F2N5. The smallest absolute Gasteiger partial charge is 0.280 e. The van der Waals surface area contributed by atoms with Gasteiger partial charge in [-0.2, -0.15) is 5.10 Å². The predicted molar refractivity (Wildman–Crippen MR) is 110 cm³/mol. The number of hydrogen-bond donors (Lipinski definition) is 0.